The van der Waals surface area contributed by atoms with Crippen molar-refractivity contribution in [2.24, 2.45) is 5.73 Å². The van der Waals surface area contributed by atoms with Gasteiger partial charge in [-0.3, -0.25) is 0 Å². The van der Waals surface area contributed by atoms with E-state index < -0.39 is 5.67 Å². The van der Waals surface area contributed by atoms with Crippen molar-refractivity contribution in [3.8, 4) is 11.5 Å². The van der Waals surface area contributed by atoms with Crippen LogP contribution in [-0.2, 0) is 12.1 Å². The Morgan fingerprint density at radius 1 is 1.28 bits per heavy atom. The Morgan fingerprint density at radius 3 is 2.28 bits per heavy atom. The maximum atomic E-state index is 14.1. The molecule has 0 aliphatic carbocycles. The van der Waals surface area contributed by atoms with Crippen molar-refractivity contribution in [2.75, 3.05) is 14.2 Å². The average molecular weight is 255 g/mol. The Bertz CT molecular complexity index is 411. The van der Waals surface area contributed by atoms with E-state index in [4.69, 9.17) is 15.2 Å². The van der Waals surface area contributed by atoms with Crippen LogP contribution >= 0.6 is 0 Å². The van der Waals surface area contributed by atoms with E-state index in [-0.39, 0.29) is 6.04 Å². The molecule has 0 fully saturated rings. The molecule has 0 radical (unpaired) electrons. The van der Waals surface area contributed by atoms with Crippen molar-refractivity contribution in [2.45, 2.75) is 38.9 Å². The van der Waals surface area contributed by atoms with Gasteiger partial charge in [0.25, 0.3) is 0 Å². The first-order chi connectivity index (χ1) is 8.29. The lowest BCUT2D eigenvalue weighted by atomic mass is 9.94. The average Bonchev–Trinajstić information content (AvgIpc) is 2.25. The minimum absolute atomic E-state index is 0.0263. The summed E-state index contributed by atoms with van der Waals surface area (Å²) < 4.78 is 24.7. The van der Waals surface area contributed by atoms with E-state index in [1.807, 2.05) is 6.92 Å². The van der Waals surface area contributed by atoms with E-state index >= 15 is 0 Å². The molecule has 1 aromatic rings. The molecule has 0 saturated carbocycles. The number of methoxy groups -OCH3 is 2. The number of rotatable bonds is 5. The summed E-state index contributed by atoms with van der Waals surface area (Å²) in [5.41, 5.74) is 5.82. The van der Waals surface area contributed by atoms with Crippen LogP contribution in [0.25, 0.3) is 0 Å². The van der Waals surface area contributed by atoms with Crippen LogP contribution in [0.5, 0.6) is 11.5 Å². The van der Waals surface area contributed by atoms with Gasteiger partial charge in [0.2, 0.25) is 0 Å². The van der Waals surface area contributed by atoms with Gasteiger partial charge in [0.15, 0.2) is 11.5 Å². The second-order valence-corrected chi connectivity index (χ2v) is 5.02. The van der Waals surface area contributed by atoms with Crippen LogP contribution in [0.4, 0.5) is 4.39 Å². The lowest BCUT2D eigenvalue weighted by Crippen LogP contribution is -2.19. The lowest BCUT2D eigenvalue weighted by Gasteiger charge is -2.21. The van der Waals surface area contributed by atoms with Crippen molar-refractivity contribution in [3.05, 3.63) is 23.3 Å². The number of nitrogens with two attached hydrogens (primary N) is 1. The predicted molar refractivity (Wildman–Crippen MR) is 71.0 cm³/mol. The summed E-state index contributed by atoms with van der Waals surface area (Å²) in [6, 6.07) is 3.44. The Labute approximate surface area is 108 Å². The summed E-state index contributed by atoms with van der Waals surface area (Å²) in [6.07, 6.45) is 0.615. The van der Waals surface area contributed by atoms with E-state index in [1.165, 1.54) is 13.8 Å². The molecule has 1 aromatic carbocycles. The molecule has 102 valence electrons. The smallest absolute Gasteiger partial charge is 0.163 e. The fourth-order valence-corrected chi connectivity index (χ4v) is 1.88. The van der Waals surface area contributed by atoms with E-state index in [1.54, 1.807) is 26.4 Å². The minimum Gasteiger partial charge on any atom is -0.493 e. The van der Waals surface area contributed by atoms with Gasteiger partial charge in [-0.25, -0.2) is 4.39 Å². The Morgan fingerprint density at radius 2 is 1.89 bits per heavy atom. The number of ether oxygens (including phenoxy) is 2. The maximum absolute atomic E-state index is 14.1. The molecule has 1 unspecified atom stereocenters. The number of hydrogen-bond donors (Lipinski definition) is 1. The van der Waals surface area contributed by atoms with Crippen molar-refractivity contribution in [1.29, 1.82) is 0 Å². The van der Waals surface area contributed by atoms with Gasteiger partial charge in [-0.05, 0) is 50.5 Å². The number of halogens is 1. The van der Waals surface area contributed by atoms with E-state index in [2.05, 4.69) is 0 Å². The fourth-order valence-electron chi connectivity index (χ4n) is 1.88. The van der Waals surface area contributed by atoms with E-state index in [0.717, 1.165) is 5.56 Å². The second kappa shape index (κ2) is 5.57. The third-order valence-corrected chi connectivity index (χ3v) is 2.78. The molecule has 1 atom stereocenters. The second-order valence-electron chi connectivity index (χ2n) is 5.02. The quantitative estimate of drug-likeness (QED) is 0.880. The van der Waals surface area contributed by atoms with Gasteiger partial charge in [0.05, 0.1) is 14.2 Å². The summed E-state index contributed by atoms with van der Waals surface area (Å²) in [5, 5.41) is 0. The molecular formula is C14H22FNO2. The minimum atomic E-state index is -1.42. The normalized spacial score (nSPS) is 13.3. The zero-order valence-electron chi connectivity index (χ0n) is 11.7. The Kier molecular flexibility index (Phi) is 4.57. The van der Waals surface area contributed by atoms with Crippen LogP contribution in [0.15, 0.2) is 12.1 Å². The number of benzene rings is 1. The van der Waals surface area contributed by atoms with Crippen molar-refractivity contribution in [3.63, 3.8) is 0 Å². The van der Waals surface area contributed by atoms with Crippen LogP contribution < -0.4 is 15.2 Å². The number of alkyl halides is 1. The summed E-state index contributed by atoms with van der Waals surface area (Å²) in [4.78, 5) is 0. The standard InChI is InChI=1S/C14H22FNO2/c1-9(16)6-10-7-11(14(2,3)15)8-12(17-4)13(10)18-5/h7-9H,6,16H2,1-5H3. The van der Waals surface area contributed by atoms with E-state index in [9.17, 15) is 4.39 Å². The Balaban J connectivity index is 3.36. The third kappa shape index (κ3) is 3.35. The molecule has 0 spiro atoms. The van der Waals surface area contributed by atoms with Crippen LogP contribution in [-0.4, -0.2) is 20.3 Å². The highest BCUT2D eigenvalue weighted by atomic mass is 19.1. The van der Waals surface area contributed by atoms with Gasteiger partial charge in [-0.1, -0.05) is 0 Å². The maximum Gasteiger partial charge on any atom is 0.163 e. The third-order valence-electron chi connectivity index (χ3n) is 2.78. The zero-order valence-corrected chi connectivity index (χ0v) is 11.7. The molecule has 0 bridgehead atoms. The van der Waals surface area contributed by atoms with Crippen LogP contribution in [0.3, 0.4) is 0 Å². The molecule has 1 rings (SSSR count). The van der Waals surface area contributed by atoms with Gasteiger partial charge in [0, 0.05) is 6.04 Å². The van der Waals surface area contributed by atoms with Crippen molar-refractivity contribution in [1.82, 2.24) is 0 Å². The summed E-state index contributed by atoms with van der Waals surface area (Å²) in [7, 11) is 3.12. The van der Waals surface area contributed by atoms with Gasteiger partial charge in [-0.2, -0.15) is 0 Å². The molecular weight excluding hydrogens is 233 g/mol. The van der Waals surface area contributed by atoms with Crippen molar-refractivity contribution < 1.29 is 13.9 Å². The first-order valence-electron chi connectivity index (χ1n) is 5.99. The molecule has 0 saturated heterocycles. The van der Waals surface area contributed by atoms with Gasteiger partial charge in [-0.15, -0.1) is 0 Å². The SMILES string of the molecule is COc1cc(C(C)(C)F)cc(CC(C)N)c1OC. The largest absolute Gasteiger partial charge is 0.493 e. The molecule has 0 aliphatic heterocycles. The first-order valence-corrected chi connectivity index (χ1v) is 5.99. The Hall–Kier alpha value is -1.29. The lowest BCUT2D eigenvalue weighted by molar-refractivity contribution is 0.220. The number of hydrogen-bond acceptors (Lipinski definition) is 3. The predicted octanol–water partition coefficient (Wildman–Crippen LogP) is 2.80. The molecule has 0 aliphatic rings. The molecule has 3 nitrogen and oxygen atoms in total. The first kappa shape index (κ1) is 14.8. The highest BCUT2D eigenvalue weighted by Crippen LogP contribution is 2.37. The van der Waals surface area contributed by atoms with E-state index in [0.29, 0.717) is 23.5 Å². The topological polar surface area (TPSA) is 44.5 Å². The highest BCUT2D eigenvalue weighted by molar-refractivity contribution is 5.51. The summed E-state index contributed by atoms with van der Waals surface area (Å²) >= 11 is 0. The molecule has 4 heteroatoms. The molecule has 0 aromatic heterocycles. The highest BCUT2D eigenvalue weighted by Gasteiger charge is 2.23. The molecule has 18 heavy (non-hydrogen) atoms. The summed E-state index contributed by atoms with van der Waals surface area (Å²) in [5.74, 6) is 1.17. The van der Waals surface area contributed by atoms with Crippen molar-refractivity contribution >= 4 is 0 Å². The van der Waals surface area contributed by atoms with Crippen LogP contribution in [0, 0.1) is 0 Å². The molecule has 0 amide bonds. The van der Waals surface area contributed by atoms with Crippen LogP contribution in [0.2, 0.25) is 0 Å². The van der Waals surface area contributed by atoms with Gasteiger partial charge < -0.3 is 15.2 Å². The molecule has 0 heterocycles. The molecule has 2 N–H and O–H groups in total. The fraction of sp³-hybridized carbons (Fsp3) is 0.571. The monoisotopic (exact) mass is 255 g/mol. The van der Waals surface area contributed by atoms with Gasteiger partial charge in [0.1, 0.15) is 5.67 Å². The summed E-state index contributed by atoms with van der Waals surface area (Å²) in [6.45, 7) is 4.94. The van der Waals surface area contributed by atoms with Crippen LogP contribution in [0.1, 0.15) is 31.9 Å². The van der Waals surface area contributed by atoms with Gasteiger partial charge >= 0.3 is 0 Å². The zero-order chi connectivity index (χ0) is 13.9.